The molecule has 3 rings (SSSR count). The minimum atomic E-state index is -4.11. The SMILES string of the molecule is CCC(C(=O)N(Cc1cccc(OS(=O)(=O)c2ccc(F)cc2)c1)C(C)C)c1ccccc1. The van der Waals surface area contributed by atoms with E-state index in [4.69, 9.17) is 4.18 Å². The smallest absolute Gasteiger partial charge is 0.339 e. The van der Waals surface area contributed by atoms with E-state index >= 15 is 0 Å². The maximum absolute atomic E-state index is 13.4. The van der Waals surface area contributed by atoms with Crippen molar-refractivity contribution in [3.05, 3.63) is 95.8 Å². The van der Waals surface area contributed by atoms with E-state index in [0.717, 1.165) is 35.4 Å². The van der Waals surface area contributed by atoms with Gasteiger partial charge in [0.05, 0.1) is 5.92 Å². The zero-order valence-corrected chi connectivity index (χ0v) is 19.8. The van der Waals surface area contributed by atoms with E-state index in [1.807, 2.05) is 57.2 Å². The fraction of sp³-hybridized carbons (Fsp3) is 0.269. The predicted octanol–water partition coefficient (Wildman–Crippen LogP) is 5.52. The van der Waals surface area contributed by atoms with Crippen molar-refractivity contribution in [2.75, 3.05) is 0 Å². The first kappa shape index (κ1) is 24.5. The van der Waals surface area contributed by atoms with Crippen molar-refractivity contribution in [3.8, 4) is 5.75 Å². The van der Waals surface area contributed by atoms with Gasteiger partial charge in [0, 0.05) is 12.6 Å². The van der Waals surface area contributed by atoms with Gasteiger partial charge in [-0.2, -0.15) is 8.42 Å². The van der Waals surface area contributed by atoms with Crippen LogP contribution in [0, 0.1) is 5.82 Å². The Hall–Kier alpha value is -3.19. The summed E-state index contributed by atoms with van der Waals surface area (Å²) in [7, 11) is -4.11. The normalized spacial score (nSPS) is 12.4. The molecule has 33 heavy (non-hydrogen) atoms. The summed E-state index contributed by atoms with van der Waals surface area (Å²) in [6.07, 6.45) is 0.672. The first-order valence-corrected chi connectivity index (χ1v) is 12.3. The molecule has 0 aliphatic rings. The zero-order valence-electron chi connectivity index (χ0n) is 18.9. The average molecular weight is 470 g/mol. The Morgan fingerprint density at radius 2 is 1.64 bits per heavy atom. The van der Waals surface area contributed by atoms with Crippen LogP contribution < -0.4 is 4.18 Å². The van der Waals surface area contributed by atoms with Gasteiger partial charge in [-0.05, 0) is 67.8 Å². The average Bonchev–Trinajstić information content (AvgIpc) is 2.78. The molecule has 0 N–H and O–H groups in total. The molecule has 7 heteroatoms. The van der Waals surface area contributed by atoms with Gasteiger partial charge < -0.3 is 9.08 Å². The number of benzene rings is 3. The number of carbonyl (C=O) groups excluding carboxylic acids is 1. The number of halogens is 1. The molecule has 0 aliphatic carbocycles. The van der Waals surface area contributed by atoms with Crippen LogP contribution >= 0.6 is 0 Å². The summed E-state index contributed by atoms with van der Waals surface area (Å²) in [5.74, 6) is -0.644. The molecule has 0 bridgehead atoms. The summed E-state index contributed by atoms with van der Waals surface area (Å²) in [5, 5.41) is 0. The largest absolute Gasteiger partial charge is 0.379 e. The van der Waals surface area contributed by atoms with Gasteiger partial charge in [-0.25, -0.2) is 4.39 Å². The molecule has 5 nitrogen and oxygen atoms in total. The molecule has 0 saturated carbocycles. The third-order valence-corrected chi connectivity index (χ3v) is 6.64. The van der Waals surface area contributed by atoms with Crippen LogP contribution in [0.4, 0.5) is 4.39 Å². The summed E-state index contributed by atoms with van der Waals surface area (Å²) in [5.41, 5.74) is 1.71. The summed E-state index contributed by atoms with van der Waals surface area (Å²) in [6, 6.07) is 20.7. The van der Waals surface area contributed by atoms with Crippen LogP contribution in [0.15, 0.2) is 83.8 Å². The first-order valence-electron chi connectivity index (χ1n) is 10.9. The van der Waals surface area contributed by atoms with Crippen molar-refractivity contribution in [2.24, 2.45) is 0 Å². The lowest BCUT2D eigenvalue weighted by Crippen LogP contribution is -2.39. The van der Waals surface area contributed by atoms with Crippen LogP contribution in [0.1, 0.15) is 44.2 Å². The van der Waals surface area contributed by atoms with Crippen LogP contribution in [0.3, 0.4) is 0 Å². The summed E-state index contributed by atoms with van der Waals surface area (Å²) < 4.78 is 43.5. The topological polar surface area (TPSA) is 63.7 Å². The molecule has 0 heterocycles. The van der Waals surface area contributed by atoms with E-state index in [1.54, 1.807) is 17.0 Å². The lowest BCUT2D eigenvalue weighted by Gasteiger charge is -2.31. The molecule has 174 valence electrons. The van der Waals surface area contributed by atoms with Crippen molar-refractivity contribution < 1.29 is 21.8 Å². The maximum Gasteiger partial charge on any atom is 0.339 e. The summed E-state index contributed by atoms with van der Waals surface area (Å²) in [4.78, 5) is 15.1. The Kier molecular flexibility index (Phi) is 7.87. The highest BCUT2D eigenvalue weighted by Gasteiger charge is 2.26. The maximum atomic E-state index is 13.4. The summed E-state index contributed by atoms with van der Waals surface area (Å²) in [6.45, 7) is 6.21. The Bertz CT molecular complexity index is 1180. The molecule has 1 amide bonds. The molecule has 0 aliphatic heterocycles. The van der Waals surface area contributed by atoms with Gasteiger partial charge in [-0.3, -0.25) is 4.79 Å². The van der Waals surface area contributed by atoms with E-state index in [1.165, 1.54) is 6.07 Å². The Labute approximate surface area is 194 Å². The van der Waals surface area contributed by atoms with E-state index in [2.05, 4.69) is 0 Å². The van der Waals surface area contributed by atoms with Crippen LogP contribution in [0.5, 0.6) is 5.75 Å². The molecular weight excluding hydrogens is 441 g/mol. The second-order valence-electron chi connectivity index (χ2n) is 8.07. The monoisotopic (exact) mass is 469 g/mol. The molecule has 0 spiro atoms. The third kappa shape index (κ3) is 6.20. The molecule has 0 aromatic heterocycles. The van der Waals surface area contributed by atoms with Crippen LogP contribution in [-0.2, 0) is 21.5 Å². The Morgan fingerprint density at radius 1 is 0.970 bits per heavy atom. The fourth-order valence-electron chi connectivity index (χ4n) is 3.62. The Balaban J connectivity index is 1.80. The number of hydrogen-bond donors (Lipinski definition) is 0. The minimum absolute atomic E-state index is 0.0176. The number of nitrogens with zero attached hydrogens (tertiary/aromatic N) is 1. The van der Waals surface area contributed by atoms with Crippen LogP contribution in [0.25, 0.3) is 0 Å². The number of hydrogen-bond acceptors (Lipinski definition) is 4. The molecule has 0 fully saturated rings. The van der Waals surface area contributed by atoms with Crippen LogP contribution in [0.2, 0.25) is 0 Å². The fourth-order valence-corrected chi connectivity index (χ4v) is 4.54. The zero-order chi connectivity index (χ0) is 24.0. The first-order chi connectivity index (χ1) is 15.7. The quantitative estimate of drug-likeness (QED) is 0.387. The number of amides is 1. The van der Waals surface area contributed by atoms with Gasteiger partial charge in [-0.1, -0.05) is 49.4 Å². The number of rotatable bonds is 9. The van der Waals surface area contributed by atoms with E-state index < -0.39 is 15.9 Å². The standard InChI is InChI=1S/C26H28FNO4S/c1-4-25(21-10-6-5-7-11-21)26(29)28(19(2)3)18-20-9-8-12-23(17-20)32-33(30,31)24-15-13-22(27)14-16-24/h5-17,19,25H,4,18H2,1-3H3. The van der Waals surface area contributed by atoms with E-state index in [9.17, 15) is 17.6 Å². The highest BCUT2D eigenvalue weighted by Crippen LogP contribution is 2.26. The lowest BCUT2D eigenvalue weighted by atomic mass is 9.94. The van der Waals surface area contributed by atoms with Crippen molar-refractivity contribution in [2.45, 2.75) is 50.6 Å². The molecule has 3 aromatic rings. The second-order valence-corrected chi connectivity index (χ2v) is 9.62. The molecular formula is C26H28FNO4S. The number of carbonyl (C=O) groups is 1. The molecule has 0 radical (unpaired) electrons. The van der Waals surface area contributed by atoms with Crippen molar-refractivity contribution in [1.29, 1.82) is 0 Å². The molecule has 1 atom stereocenters. The second kappa shape index (κ2) is 10.6. The van der Waals surface area contributed by atoms with Gasteiger partial charge in [0.2, 0.25) is 5.91 Å². The van der Waals surface area contributed by atoms with Crippen molar-refractivity contribution in [3.63, 3.8) is 0 Å². The van der Waals surface area contributed by atoms with E-state index in [0.29, 0.717) is 13.0 Å². The molecule has 3 aromatic carbocycles. The van der Waals surface area contributed by atoms with Crippen molar-refractivity contribution >= 4 is 16.0 Å². The lowest BCUT2D eigenvalue weighted by molar-refractivity contribution is -0.135. The van der Waals surface area contributed by atoms with Gasteiger partial charge in [0.25, 0.3) is 0 Å². The highest BCUT2D eigenvalue weighted by atomic mass is 32.2. The van der Waals surface area contributed by atoms with Gasteiger partial charge >= 0.3 is 10.1 Å². The van der Waals surface area contributed by atoms with Gasteiger partial charge in [0.15, 0.2) is 0 Å². The van der Waals surface area contributed by atoms with Crippen LogP contribution in [-0.4, -0.2) is 25.3 Å². The van der Waals surface area contributed by atoms with Gasteiger partial charge in [-0.15, -0.1) is 0 Å². The predicted molar refractivity (Wildman–Crippen MR) is 126 cm³/mol. The highest BCUT2D eigenvalue weighted by molar-refractivity contribution is 7.87. The summed E-state index contributed by atoms with van der Waals surface area (Å²) >= 11 is 0. The van der Waals surface area contributed by atoms with E-state index in [-0.39, 0.29) is 28.5 Å². The third-order valence-electron chi connectivity index (χ3n) is 5.37. The Morgan fingerprint density at radius 3 is 2.24 bits per heavy atom. The minimum Gasteiger partial charge on any atom is -0.379 e. The molecule has 1 unspecified atom stereocenters. The van der Waals surface area contributed by atoms with Crippen molar-refractivity contribution in [1.82, 2.24) is 4.90 Å². The molecule has 0 saturated heterocycles. The van der Waals surface area contributed by atoms with Gasteiger partial charge in [0.1, 0.15) is 16.5 Å².